The molecule has 0 aliphatic carbocycles. The van der Waals surface area contributed by atoms with Crippen LogP contribution in [0.3, 0.4) is 0 Å². The van der Waals surface area contributed by atoms with E-state index in [-0.39, 0.29) is 27.8 Å². The predicted octanol–water partition coefficient (Wildman–Crippen LogP) is 1.25. The monoisotopic (exact) mass is 274 g/mol. The average molecular weight is 275 g/mol. The summed E-state index contributed by atoms with van der Waals surface area (Å²) in [4.78, 5) is 20.4. The van der Waals surface area contributed by atoms with Crippen LogP contribution in [-0.2, 0) is 0 Å². The number of halogens is 1. The van der Waals surface area contributed by atoms with Gasteiger partial charge in [0.1, 0.15) is 10.2 Å². The lowest BCUT2D eigenvalue weighted by Gasteiger charge is -2.15. The molecule has 0 radical (unpaired) electrons. The first-order valence-electron chi connectivity index (χ1n) is 3.70. The number of carbonyl (C=O) groups excluding carboxylic acids is 1. The van der Waals surface area contributed by atoms with Gasteiger partial charge in [-0.1, -0.05) is 5.75 Å². The molecule has 0 amide bonds. The summed E-state index contributed by atoms with van der Waals surface area (Å²) >= 11 is 2.83. The molecule has 0 aromatic heterocycles. The Morgan fingerprint density at radius 2 is 2.20 bits per heavy atom. The maximum atomic E-state index is 11.4. The third kappa shape index (κ3) is 1.91. The highest BCUT2D eigenvalue weighted by atomic mass is 79.9. The highest BCUT2D eigenvalue weighted by Crippen LogP contribution is 2.38. The van der Waals surface area contributed by atoms with Gasteiger partial charge in [0.05, 0.1) is 18.1 Å². The molecule has 1 aromatic carbocycles. The molecular formula is C8H5BrNO5-. The average Bonchev–Trinajstić information content (AvgIpc) is 2.18. The normalized spacial score (nSPS) is 9.73. The van der Waals surface area contributed by atoms with E-state index < -0.39 is 10.7 Å². The Balaban J connectivity index is 3.58. The number of hydrogen-bond donors (Lipinski definition) is 0. The van der Waals surface area contributed by atoms with Crippen LogP contribution in [0.15, 0.2) is 10.5 Å². The van der Waals surface area contributed by atoms with E-state index in [2.05, 4.69) is 20.7 Å². The zero-order chi connectivity index (χ0) is 11.6. The first-order chi connectivity index (χ1) is 7.02. The van der Waals surface area contributed by atoms with Gasteiger partial charge < -0.3 is 9.84 Å². The molecule has 1 rings (SSSR count). The lowest BCUT2D eigenvalue weighted by Crippen LogP contribution is -2.03. The maximum Gasteiger partial charge on any atom is 0.287 e. The van der Waals surface area contributed by atoms with Gasteiger partial charge in [0.15, 0.2) is 6.29 Å². The van der Waals surface area contributed by atoms with Crippen LogP contribution in [-0.4, -0.2) is 18.3 Å². The largest absolute Gasteiger partial charge is 0.869 e. The van der Waals surface area contributed by atoms with Crippen molar-refractivity contribution in [3.63, 3.8) is 0 Å². The number of aldehydes is 1. The van der Waals surface area contributed by atoms with Crippen LogP contribution in [0.2, 0.25) is 0 Å². The smallest absolute Gasteiger partial charge is 0.287 e. The van der Waals surface area contributed by atoms with Gasteiger partial charge in [-0.3, -0.25) is 14.9 Å². The van der Waals surface area contributed by atoms with Gasteiger partial charge in [-0.15, -0.1) is 0 Å². The first-order valence-corrected chi connectivity index (χ1v) is 4.49. The molecular weight excluding hydrogens is 270 g/mol. The summed E-state index contributed by atoms with van der Waals surface area (Å²) in [7, 11) is 1.20. The number of nitro groups is 1. The minimum absolute atomic E-state index is 0.131. The van der Waals surface area contributed by atoms with Crippen LogP contribution in [0, 0.1) is 10.1 Å². The molecule has 0 heterocycles. The van der Waals surface area contributed by atoms with Crippen LogP contribution in [0.5, 0.6) is 11.5 Å². The fourth-order valence-electron chi connectivity index (χ4n) is 1.01. The Labute approximate surface area is 92.8 Å². The zero-order valence-electron chi connectivity index (χ0n) is 7.52. The molecule has 15 heavy (non-hydrogen) atoms. The number of methoxy groups -OCH3 is 1. The van der Waals surface area contributed by atoms with Crippen molar-refractivity contribution in [2.75, 3.05) is 7.11 Å². The fraction of sp³-hybridized carbons (Fsp3) is 0.125. The van der Waals surface area contributed by atoms with Crippen molar-refractivity contribution in [3.05, 3.63) is 26.2 Å². The van der Waals surface area contributed by atoms with E-state index in [0.29, 0.717) is 0 Å². The summed E-state index contributed by atoms with van der Waals surface area (Å²) in [5, 5.41) is 22.0. The summed E-state index contributed by atoms with van der Waals surface area (Å²) < 4.78 is 4.51. The molecule has 0 bridgehead atoms. The number of ether oxygens (including phenoxy) is 1. The van der Waals surface area contributed by atoms with Crippen LogP contribution in [0.1, 0.15) is 10.4 Å². The van der Waals surface area contributed by atoms with Crippen molar-refractivity contribution < 1.29 is 19.6 Å². The molecule has 0 spiro atoms. The number of rotatable bonds is 3. The summed E-state index contributed by atoms with van der Waals surface area (Å²) in [5.74, 6) is -0.906. The number of nitro benzene ring substituents is 1. The zero-order valence-corrected chi connectivity index (χ0v) is 9.11. The number of nitrogens with zero attached hydrogens (tertiary/aromatic N) is 1. The van der Waals surface area contributed by atoms with Gasteiger partial charge >= 0.3 is 0 Å². The fourth-order valence-corrected chi connectivity index (χ4v) is 1.55. The van der Waals surface area contributed by atoms with Gasteiger partial charge in [0, 0.05) is 5.56 Å². The topological polar surface area (TPSA) is 92.5 Å². The van der Waals surface area contributed by atoms with Crippen molar-refractivity contribution in [1.29, 1.82) is 0 Å². The van der Waals surface area contributed by atoms with Crippen LogP contribution in [0.4, 0.5) is 5.69 Å². The highest BCUT2D eigenvalue weighted by molar-refractivity contribution is 9.10. The second-order valence-corrected chi connectivity index (χ2v) is 3.32. The molecule has 80 valence electrons. The maximum absolute atomic E-state index is 11.4. The van der Waals surface area contributed by atoms with Crippen molar-refractivity contribution in [1.82, 2.24) is 0 Å². The molecule has 7 heteroatoms. The van der Waals surface area contributed by atoms with Crippen LogP contribution < -0.4 is 9.84 Å². The molecule has 0 unspecified atom stereocenters. The van der Waals surface area contributed by atoms with Gasteiger partial charge in [0.2, 0.25) is 0 Å². The van der Waals surface area contributed by atoms with Crippen molar-refractivity contribution in [2.24, 2.45) is 0 Å². The van der Waals surface area contributed by atoms with E-state index in [1.54, 1.807) is 0 Å². The Bertz CT molecular complexity index is 432. The second-order valence-electron chi connectivity index (χ2n) is 2.53. The number of hydrogen-bond acceptors (Lipinski definition) is 5. The van der Waals surface area contributed by atoms with E-state index in [9.17, 15) is 20.0 Å². The summed E-state index contributed by atoms with van der Waals surface area (Å²) in [6, 6.07) is 0.972. The van der Waals surface area contributed by atoms with Crippen molar-refractivity contribution >= 4 is 27.9 Å². The van der Waals surface area contributed by atoms with E-state index in [0.717, 1.165) is 6.07 Å². The van der Waals surface area contributed by atoms with E-state index >= 15 is 0 Å². The van der Waals surface area contributed by atoms with Crippen LogP contribution >= 0.6 is 15.9 Å². The Kier molecular flexibility index (Phi) is 3.25. The highest BCUT2D eigenvalue weighted by Gasteiger charge is 2.19. The summed E-state index contributed by atoms with van der Waals surface area (Å²) in [6.07, 6.45) is 0.252. The van der Waals surface area contributed by atoms with Crippen molar-refractivity contribution in [3.8, 4) is 11.5 Å². The number of benzene rings is 1. The molecule has 0 aliphatic rings. The molecule has 0 fully saturated rings. The Hall–Kier alpha value is -1.63. The van der Waals surface area contributed by atoms with E-state index in [1.165, 1.54) is 7.11 Å². The standard InChI is InChI=1S/C8H6BrNO5/c1-15-6-2-5(10(13)14)7(9)4(3-11)8(6)12/h2-3,12H,1H3/p-1. The lowest BCUT2D eigenvalue weighted by atomic mass is 10.2. The Morgan fingerprint density at radius 3 is 2.60 bits per heavy atom. The molecule has 0 N–H and O–H groups in total. The second kappa shape index (κ2) is 4.26. The quantitative estimate of drug-likeness (QED) is 0.470. The minimum atomic E-state index is -0.709. The van der Waals surface area contributed by atoms with Gasteiger partial charge in [-0.2, -0.15) is 0 Å². The molecule has 0 aliphatic heterocycles. The number of carbonyl (C=O) groups is 1. The van der Waals surface area contributed by atoms with Crippen LogP contribution in [0.25, 0.3) is 0 Å². The Morgan fingerprint density at radius 1 is 1.60 bits per heavy atom. The SMILES string of the molecule is COc1cc([N+](=O)[O-])c(Br)c(C=O)c1[O-]. The minimum Gasteiger partial charge on any atom is -0.869 e. The summed E-state index contributed by atoms with van der Waals surface area (Å²) in [5.41, 5.74) is -0.699. The van der Waals surface area contributed by atoms with Gasteiger partial charge in [0.25, 0.3) is 5.69 Å². The van der Waals surface area contributed by atoms with E-state index in [1.807, 2.05) is 0 Å². The van der Waals surface area contributed by atoms with Gasteiger partial charge in [-0.25, -0.2) is 0 Å². The summed E-state index contributed by atoms with van der Waals surface area (Å²) in [6.45, 7) is 0. The predicted molar refractivity (Wildman–Crippen MR) is 52.2 cm³/mol. The molecule has 6 nitrogen and oxygen atoms in total. The molecule has 0 saturated carbocycles. The lowest BCUT2D eigenvalue weighted by molar-refractivity contribution is -0.386. The third-order valence-electron chi connectivity index (χ3n) is 1.73. The molecule has 1 aromatic rings. The van der Waals surface area contributed by atoms with Gasteiger partial charge in [-0.05, 0) is 15.9 Å². The van der Waals surface area contributed by atoms with Crippen molar-refractivity contribution in [2.45, 2.75) is 0 Å². The molecule has 0 saturated heterocycles. The third-order valence-corrected chi connectivity index (χ3v) is 2.57. The first kappa shape index (κ1) is 11.4. The molecule has 0 atom stereocenters. The van der Waals surface area contributed by atoms with E-state index in [4.69, 9.17) is 0 Å².